The maximum atomic E-state index is 10.2. The Hall–Kier alpha value is -1.49. The second-order valence-electron chi connectivity index (χ2n) is 4.89. The van der Waals surface area contributed by atoms with Crippen LogP contribution in [0.15, 0.2) is 24.3 Å². The van der Waals surface area contributed by atoms with Crippen molar-refractivity contribution in [2.75, 3.05) is 0 Å². The molecule has 0 aliphatic heterocycles. The lowest BCUT2D eigenvalue weighted by Crippen LogP contribution is -1.84. The Labute approximate surface area is 124 Å². The second-order valence-corrected chi connectivity index (χ2v) is 4.89. The molecule has 0 bridgehead atoms. The summed E-state index contributed by atoms with van der Waals surface area (Å²) in [5.41, 5.74) is 0. The van der Waals surface area contributed by atoms with E-state index in [1.54, 1.807) is 12.2 Å². The van der Waals surface area contributed by atoms with Gasteiger partial charge in [0.2, 0.25) is 0 Å². The summed E-state index contributed by atoms with van der Waals surface area (Å²) in [6.07, 6.45) is 18.3. The van der Waals surface area contributed by atoms with E-state index >= 15 is 0 Å². The lowest BCUT2D eigenvalue weighted by Gasteiger charge is -1.96. The maximum Gasteiger partial charge on any atom is 0.328 e. The Kier molecular flexibility index (Phi) is 14.4. The Morgan fingerprint density at radius 1 is 0.950 bits per heavy atom. The summed E-state index contributed by atoms with van der Waals surface area (Å²) in [6, 6.07) is 0. The molecule has 2 nitrogen and oxygen atoms in total. The first kappa shape index (κ1) is 18.5. The van der Waals surface area contributed by atoms with Gasteiger partial charge in [0.1, 0.15) is 0 Å². The molecule has 0 unspecified atom stereocenters. The van der Waals surface area contributed by atoms with E-state index in [2.05, 4.69) is 18.8 Å². The van der Waals surface area contributed by atoms with Crippen LogP contribution in [0.3, 0.4) is 0 Å². The summed E-state index contributed by atoms with van der Waals surface area (Å²) in [4.78, 5) is 10.2. The van der Waals surface area contributed by atoms with Gasteiger partial charge in [-0.3, -0.25) is 0 Å². The third-order valence-corrected chi connectivity index (χ3v) is 2.94. The number of hydrogen-bond donors (Lipinski definition) is 1. The zero-order chi connectivity index (χ0) is 14.9. The van der Waals surface area contributed by atoms with E-state index < -0.39 is 5.97 Å². The fourth-order valence-corrected chi connectivity index (χ4v) is 1.79. The third kappa shape index (κ3) is 16.5. The van der Waals surface area contributed by atoms with Crippen LogP contribution in [0, 0.1) is 11.8 Å². The second kappa shape index (κ2) is 15.6. The van der Waals surface area contributed by atoms with Gasteiger partial charge in [-0.1, -0.05) is 57.3 Å². The highest BCUT2D eigenvalue weighted by atomic mass is 16.4. The van der Waals surface area contributed by atoms with Crippen LogP contribution in [-0.2, 0) is 4.79 Å². The van der Waals surface area contributed by atoms with Crippen LogP contribution in [0.25, 0.3) is 0 Å². The Bertz CT molecular complexity index is 342. The molecule has 0 amide bonds. The molecule has 2 heteroatoms. The molecule has 0 spiro atoms. The minimum atomic E-state index is -0.907. The molecule has 0 saturated carbocycles. The number of carboxylic acid groups (broad SMARTS) is 1. The fraction of sp³-hybridized carbons (Fsp3) is 0.611. The molecule has 0 aromatic rings. The van der Waals surface area contributed by atoms with Crippen LogP contribution in [0.2, 0.25) is 0 Å². The molecule has 0 aromatic carbocycles. The van der Waals surface area contributed by atoms with Crippen LogP contribution in [0.1, 0.15) is 71.1 Å². The van der Waals surface area contributed by atoms with Crippen LogP contribution < -0.4 is 0 Å². The van der Waals surface area contributed by atoms with Gasteiger partial charge in [0.05, 0.1) is 0 Å². The first-order valence-electron chi connectivity index (χ1n) is 7.79. The van der Waals surface area contributed by atoms with Crippen molar-refractivity contribution < 1.29 is 9.90 Å². The normalized spacial score (nSPS) is 10.8. The number of carbonyl (C=O) groups is 1. The summed E-state index contributed by atoms with van der Waals surface area (Å²) in [6.45, 7) is 2.24. The average Bonchev–Trinajstić information content (AvgIpc) is 2.43. The Balaban J connectivity index is 3.31. The Morgan fingerprint density at radius 2 is 1.60 bits per heavy atom. The first-order valence-corrected chi connectivity index (χ1v) is 7.79. The van der Waals surface area contributed by atoms with Gasteiger partial charge in [-0.25, -0.2) is 4.79 Å². The van der Waals surface area contributed by atoms with Crippen molar-refractivity contribution in [2.45, 2.75) is 71.1 Å². The minimum absolute atomic E-state index is 0.907. The number of allylic oxidation sites excluding steroid dienone is 3. The van der Waals surface area contributed by atoms with Crippen molar-refractivity contribution >= 4 is 5.97 Å². The van der Waals surface area contributed by atoms with Crippen molar-refractivity contribution in [3.63, 3.8) is 0 Å². The molecule has 1 N–H and O–H groups in total. The van der Waals surface area contributed by atoms with E-state index in [1.807, 2.05) is 6.08 Å². The van der Waals surface area contributed by atoms with Gasteiger partial charge in [-0.05, 0) is 19.3 Å². The zero-order valence-electron chi connectivity index (χ0n) is 12.7. The molecule has 0 atom stereocenters. The van der Waals surface area contributed by atoms with E-state index in [4.69, 9.17) is 5.11 Å². The van der Waals surface area contributed by atoms with Crippen molar-refractivity contribution in [2.24, 2.45) is 0 Å². The largest absolute Gasteiger partial charge is 0.478 e. The SMILES string of the molecule is CCCCCCCCC#CCCCC=CC=CC(=O)O. The van der Waals surface area contributed by atoms with E-state index in [9.17, 15) is 4.79 Å². The van der Waals surface area contributed by atoms with Gasteiger partial charge in [0, 0.05) is 18.9 Å². The molecule has 0 radical (unpaired) electrons. The zero-order valence-corrected chi connectivity index (χ0v) is 12.7. The quantitative estimate of drug-likeness (QED) is 0.246. The molecule has 20 heavy (non-hydrogen) atoms. The van der Waals surface area contributed by atoms with Crippen molar-refractivity contribution in [3.8, 4) is 11.8 Å². The highest BCUT2D eigenvalue weighted by Gasteiger charge is 1.87. The summed E-state index contributed by atoms with van der Waals surface area (Å²) in [7, 11) is 0. The molecule has 0 saturated heterocycles. The van der Waals surface area contributed by atoms with Gasteiger partial charge < -0.3 is 5.11 Å². The van der Waals surface area contributed by atoms with Gasteiger partial charge in [-0.2, -0.15) is 0 Å². The highest BCUT2D eigenvalue weighted by molar-refractivity contribution is 5.80. The van der Waals surface area contributed by atoms with Crippen LogP contribution >= 0.6 is 0 Å². The molecule has 0 rings (SSSR count). The summed E-state index contributed by atoms with van der Waals surface area (Å²) in [5.74, 6) is 5.52. The fourth-order valence-electron chi connectivity index (χ4n) is 1.79. The smallest absolute Gasteiger partial charge is 0.328 e. The molecule has 0 aromatic heterocycles. The maximum absolute atomic E-state index is 10.2. The Morgan fingerprint density at radius 3 is 2.30 bits per heavy atom. The predicted octanol–water partition coefficient (Wildman–Crippen LogP) is 5.11. The molecule has 0 fully saturated rings. The van der Waals surface area contributed by atoms with E-state index in [0.717, 1.165) is 31.8 Å². The molecule has 112 valence electrons. The molecular weight excluding hydrogens is 248 g/mol. The minimum Gasteiger partial charge on any atom is -0.478 e. The molecule has 0 heterocycles. The molecule has 0 aliphatic carbocycles. The van der Waals surface area contributed by atoms with Gasteiger partial charge in [0.25, 0.3) is 0 Å². The van der Waals surface area contributed by atoms with Crippen molar-refractivity contribution in [3.05, 3.63) is 24.3 Å². The molecule has 0 aliphatic rings. The monoisotopic (exact) mass is 276 g/mol. The number of unbranched alkanes of at least 4 members (excludes halogenated alkanes) is 8. The van der Waals surface area contributed by atoms with Gasteiger partial charge >= 0.3 is 5.97 Å². The number of carboxylic acids is 1. The lowest BCUT2D eigenvalue weighted by atomic mass is 10.1. The van der Waals surface area contributed by atoms with Crippen molar-refractivity contribution in [1.82, 2.24) is 0 Å². The van der Waals surface area contributed by atoms with E-state index in [-0.39, 0.29) is 0 Å². The van der Waals surface area contributed by atoms with Gasteiger partial charge in [-0.15, -0.1) is 11.8 Å². The topological polar surface area (TPSA) is 37.3 Å². The summed E-state index contributed by atoms with van der Waals surface area (Å²) < 4.78 is 0. The summed E-state index contributed by atoms with van der Waals surface area (Å²) in [5, 5.41) is 8.38. The van der Waals surface area contributed by atoms with Crippen LogP contribution in [0.5, 0.6) is 0 Å². The van der Waals surface area contributed by atoms with E-state index in [0.29, 0.717) is 0 Å². The molecular formula is C18H28O2. The predicted molar refractivity (Wildman–Crippen MR) is 85.5 cm³/mol. The average molecular weight is 276 g/mol. The summed E-state index contributed by atoms with van der Waals surface area (Å²) >= 11 is 0. The standard InChI is InChI=1S/C18H28O2/c1-2-3-4-5-6-7-8-9-10-11-12-13-14-15-16-17-18(19)20/h14-17H,2-8,11-13H2,1H3,(H,19,20). The lowest BCUT2D eigenvalue weighted by molar-refractivity contribution is -0.131. The first-order chi connectivity index (χ1) is 9.77. The number of rotatable bonds is 11. The number of aliphatic carboxylic acids is 1. The third-order valence-electron chi connectivity index (χ3n) is 2.94. The number of hydrogen-bond acceptors (Lipinski definition) is 1. The van der Waals surface area contributed by atoms with Crippen molar-refractivity contribution in [1.29, 1.82) is 0 Å². The highest BCUT2D eigenvalue weighted by Crippen LogP contribution is 2.06. The van der Waals surface area contributed by atoms with Crippen LogP contribution in [-0.4, -0.2) is 11.1 Å². The van der Waals surface area contributed by atoms with E-state index in [1.165, 1.54) is 38.5 Å². The van der Waals surface area contributed by atoms with Crippen LogP contribution in [0.4, 0.5) is 0 Å². The van der Waals surface area contributed by atoms with Gasteiger partial charge in [0.15, 0.2) is 0 Å².